The van der Waals surface area contributed by atoms with Gasteiger partial charge in [-0.1, -0.05) is 13.8 Å². The van der Waals surface area contributed by atoms with E-state index in [0.29, 0.717) is 12.0 Å². The minimum Gasteiger partial charge on any atom is -0.335 e. The molecule has 3 N–H and O–H groups in total. The quantitative estimate of drug-likeness (QED) is 0.372. The third-order valence-electron chi connectivity index (χ3n) is 2.93. The lowest BCUT2D eigenvalue weighted by Gasteiger charge is -2.25. The fraction of sp³-hybridized carbons (Fsp3) is 0.615. The third-order valence-corrected chi connectivity index (χ3v) is 3.66. The molecule has 0 amide bonds. The van der Waals surface area contributed by atoms with Gasteiger partial charge in [0.15, 0.2) is 0 Å². The number of aliphatic imine (C=N–C) groups is 1. The van der Waals surface area contributed by atoms with E-state index in [-0.39, 0.29) is 0 Å². The van der Waals surface area contributed by atoms with Crippen LogP contribution in [0.15, 0.2) is 21.8 Å². The van der Waals surface area contributed by atoms with Gasteiger partial charge in [0, 0.05) is 19.1 Å². The van der Waals surface area contributed by atoms with Crippen LogP contribution in [0.3, 0.4) is 0 Å². The molecule has 1 saturated carbocycles. The van der Waals surface area contributed by atoms with Gasteiger partial charge in [0.05, 0.1) is 0 Å². The Labute approximate surface area is 113 Å². The molecule has 0 aliphatic heterocycles. The number of hydrazine groups is 1. The van der Waals surface area contributed by atoms with Crippen LogP contribution in [0.25, 0.3) is 0 Å². The second-order valence-corrected chi connectivity index (χ2v) is 5.97. The molecule has 0 bridgehead atoms. The molecule has 1 aromatic heterocycles. The first-order valence-corrected chi connectivity index (χ1v) is 7.43. The Balaban J connectivity index is 2.05. The van der Waals surface area contributed by atoms with Gasteiger partial charge in [-0.3, -0.25) is 10.4 Å². The maximum absolute atomic E-state index is 5.63. The van der Waals surface area contributed by atoms with Gasteiger partial charge in [-0.25, -0.2) is 5.84 Å². The number of nitrogens with one attached hydrogen (secondary N) is 1. The molecule has 0 atom stereocenters. The van der Waals surface area contributed by atoms with Crippen molar-refractivity contribution in [3.63, 3.8) is 0 Å². The Hall–Kier alpha value is -1.07. The zero-order valence-electron chi connectivity index (χ0n) is 11.1. The van der Waals surface area contributed by atoms with Gasteiger partial charge in [0.25, 0.3) is 0 Å². The highest BCUT2D eigenvalue weighted by atomic mass is 32.1. The molecular weight excluding hydrogens is 244 g/mol. The molecule has 2 rings (SSSR count). The second-order valence-electron chi connectivity index (χ2n) is 5.19. The molecule has 4 nitrogen and oxygen atoms in total. The summed E-state index contributed by atoms with van der Waals surface area (Å²) in [6.45, 7) is 6.04. The van der Waals surface area contributed by atoms with Crippen molar-refractivity contribution >= 4 is 17.3 Å². The average Bonchev–Trinajstić information content (AvgIpc) is 3.06. The zero-order chi connectivity index (χ0) is 13.0. The molecule has 18 heavy (non-hydrogen) atoms. The maximum Gasteiger partial charge on any atom is 0.208 e. The van der Waals surface area contributed by atoms with Crippen LogP contribution in [0.2, 0.25) is 0 Å². The summed E-state index contributed by atoms with van der Waals surface area (Å²) < 4.78 is 0. The van der Waals surface area contributed by atoms with E-state index in [1.807, 2.05) is 0 Å². The fourth-order valence-corrected chi connectivity index (χ4v) is 2.49. The maximum atomic E-state index is 5.63. The van der Waals surface area contributed by atoms with Crippen molar-refractivity contribution in [2.75, 3.05) is 6.54 Å². The lowest BCUT2D eigenvalue weighted by molar-refractivity contribution is 0.385. The van der Waals surface area contributed by atoms with Crippen molar-refractivity contribution < 1.29 is 0 Å². The summed E-state index contributed by atoms with van der Waals surface area (Å²) >= 11 is 1.73. The van der Waals surface area contributed by atoms with E-state index in [9.17, 15) is 0 Å². The Morgan fingerprint density at radius 2 is 2.39 bits per heavy atom. The standard InChI is InChI=1S/C13H22N4S/c1-10(2)7-15-13(16-14)17(12-3-4-12)8-11-5-6-18-9-11/h5-6,9-10,12H,3-4,7-8,14H2,1-2H3,(H,15,16). The molecule has 1 aromatic rings. The van der Waals surface area contributed by atoms with Crippen LogP contribution in [0.5, 0.6) is 0 Å². The summed E-state index contributed by atoms with van der Waals surface area (Å²) in [7, 11) is 0. The second kappa shape index (κ2) is 6.20. The van der Waals surface area contributed by atoms with Gasteiger partial charge in [0.2, 0.25) is 5.96 Å². The van der Waals surface area contributed by atoms with Crippen molar-refractivity contribution in [1.82, 2.24) is 10.3 Å². The molecule has 1 aliphatic rings. The summed E-state index contributed by atoms with van der Waals surface area (Å²) in [5.74, 6) is 7.02. The van der Waals surface area contributed by atoms with E-state index in [1.165, 1.54) is 18.4 Å². The number of guanidine groups is 1. The lowest BCUT2D eigenvalue weighted by atomic mass is 10.2. The van der Waals surface area contributed by atoms with Gasteiger partial charge < -0.3 is 4.90 Å². The Morgan fingerprint density at radius 1 is 1.61 bits per heavy atom. The van der Waals surface area contributed by atoms with Crippen LogP contribution < -0.4 is 11.3 Å². The molecule has 1 aliphatic carbocycles. The molecule has 1 fully saturated rings. The van der Waals surface area contributed by atoms with Crippen molar-refractivity contribution in [2.45, 2.75) is 39.3 Å². The van der Waals surface area contributed by atoms with Crippen LogP contribution in [0, 0.1) is 5.92 Å². The smallest absolute Gasteiger partial charge is 0.208 e. The first-order chi connectivity index (χ1) is 8.70. The topological polar surface area (TPSA) is 53.6 Å². The van der Waals surface area contributed by atoms with Gasteiger partial charge >= 0.3 is 0 Å². The summed E-state index contributed by atoms with van der Waals surface area (Å²) in [6.07, 6.45) is 2.49. The molecule has 0 saturated heterocycles. The molecule has 0 radical (unpaired) electrons. The molecule has 100 valence electrons. The Kier molecular flexibility index (Phi) is 4.60. The van der Waals surface area contributed by atoms with Gasteiger partial charge in [-0.2, -0.15) is 11.3 Å². The van der Waals surface area contributed by atoms with Crippen LogP contribution in [-0.4, -0.2) is 23.4 Å². The third kappa shape index (κ3) is 3.71. The highest BCUT2D eigenvalue weighted by Crippen LogP contribution is 2.28. The zero-order valence-corrected chi connectivity index (χ0v) is 11.9. The van der Waals surface area contributed by atoms with Crippen LogP contribution >= 0.6 is 11.3 Å². The van der Waals surface area contributed by atoms with E-state index in [1.54, 1.807) is 11.3 Å². The molecule has 0 aromatic carbocycles. The minimum absolute atomic E-state index is 0.551. The number of hydrogen-bond donors (Lipinski definition) is 2. The van der Waals surface area contributed by atoms with E-state index in [4.69, 9.17) is 5.84 Å². The monoisotopic (exact) mass is 266 g/mol. The highest BCUT2D eigenvalue weighted by molar-refractivity contribution is 7.07. The normalized spacial score (nSPS) is 16.1. The first kappa shape index (κ1) is 13.4. The van der Waals surface area contributed by atoms with E-state index in [2.05, 4.69) is 46.0 Å². The van der Waals surface area contributed by atoms with E-state index < -0.39 is 0 Å². The van der Waals surface area contributed by atoms with Crippen molar-refractivity contribution in [1.29, 1.82) is 0 Å². The van der Waals surface area contributed by atoms with Crippen molar-refractivity contribution in [2.24, 2.45) is 16.8 Å². The fourth-order valence-electron chi connectivity index (χ4n) is 1.83. The highest BCUT2D eigenvalue weighted by Gasteiger charge is 2.31. The van der Waals surface area contributed by atoms with Crippen LogP contribution in [-0.2, 0) is 6.54 Å². The molecular formula is C13H22N4S. The first-order valence-electron chi connectivity index (χ1n) is 6.49. The average molecular weight is 266 g/mol. The Bertz CT molecular complexity index is 382. The summed E-state index contributed by atoms with van der Waals surface area (Å²) in [6, 6.07) is 2.77. The van der Waals surface area contributed by atoms with Crippen LogP contribution in [0.4, 0.5) is 0 Å². The largest absolute Gasteiger partial charge is 0.335 e. The number of nitrogens with zero attached hydrogens (tertiary/aromatic N) is 2. The molecule has 0 spiro atoms. The number of hydrogen-bond acceptors (Lipinski definition) is 3. The van der Waals surface area contributed by atoms with E-state index >= 15 is 0 Å². The SMILES string of the molecule is CC(C)CN=C(NN)N(Cc1ccsc1)C1CC1. The molecule has 5 heteroatoms. The van der Waals surface area contributed by atoms with Gasteiger partial charge in [-0.05, 0) is 41.1 Å². The number of thiophene rings is 1. The van der Waals surface area contributed by atoms with Gasteiger partial charge in [-0.15, -0.1) is 0 Å². The van der Waals surface area contributed by atoms with Gasteiger partial charge in [0.1, 0.15) is 0 Å². The predicted molar refractivity (Wildman–Crippen MR) is 77.3 cm³/mol. The predicted octanol–water partition coefficient (Wildman–Crippen LogP) is 2.19. The van der Waals surface area contributed by atoms with Crippen LogP contribution in [0.1, 0.15) is 32.3 Å². The molecule has 0 unspecified atom stereocenters. The number of nitrogens with two attached hydrogens (primary N) is 1. The Morgan fingerprint density at radius 3 is 2.89 bits per heavy atom. The van der Waals surface area contributed by atoms with Crippen molar-refractivity contribution in [3.05, 3.63) is 22.4 Å². The summed E-state index contributed by atoms with van der Waals surface area (Å²) in [5, 5.41) is 4.30. The number of rotatable bonds is 5. The lowest BCUT2D eigenvalue weighted by Crippen LogP contribution is -2.45. The minimum atomic E-state index is 0.551. The van der Waals surface area contributed by atoms with Crippen molar-refractivity contribution in [3.8, 4) is 0 Å². The van der Waals surface area contributed by atoms with E-state index in [0.717, 1.165) is 19.0 Å². The molecule has 1 heterocycles. The summed E-state index contributed by atoms with van der Waals surface area (Å²) in [4.78, 5) is 6.89. The summed E-state index contributed by atoms with van der Waals surface area (Å²) in [5.41, 5.74) is 4.10.